The van der Waals surface area contributed by atoms with Gasteiger partial charge in [0.05, 0.1) is 16.8 Å². The minimum absolute atomic E-state index is 0.454. The van der Waals surface area contributed by atoms with E-state index in [0.717, 1.165) is 31.6 Å². The van der Waals surface area contributed by atoms with Crippen LogP contribution in [-0.2, 0) is 0 Å². The number of hydrogen-bond acceptors (Lipinski definition) is 3. The summed E-state index contributed by atoms with van der Waals surface area (Å²) in [4.78, 5) is 4.57. The van der Waals surface area contributed by atoms with E-state index in [1.807, 2.05) is 18.2 Å². The first-order chi connectivity index (χ1) is 7.69. The molecule has 0 saturated carbocycles. The quantitative estimate of drug-likeness (QED) is 0.792. The van der Waals surface area contributed by atoms with E-state index in [2.05, 4.69) is 39.8 Å². The highest BCUT2D eigenvalue weighted by atomic mass is 127. The average Bonchev–Trinajstić information content (AvgIpc) is 2.70. The second-order valence-corrected chi connectivity index (χ2v) is 6.22. The summed E-state index contributed by atoms with van der Waals surface area (Å²) in [5, 5.41) is 5.01. The minimum atomic E-state index is 0.454. The third-order valence-electron chi connectivity index (χ3n) is 2.36. The van der Waals surface area contributed by atoms with Crippen molar-refractivity contribution in [1.29, 1.82) is 0 Å². The number of anilines is 1. The normalized spacial score (nSPS) is 19.7. The fraction of sp³-hybridized carbons (Fsp3) is 0.364. The van der Waals surface area contributed by atoms with Gasteiger partial charge in [-0.25, -0.2) is 0 Å². The summed E-state index contributed by atoms with van der Waals surface area (Å²) in [5.74, 6) is 1.07. The fourth-order valence-electron chi connectivity index (χ4n) is 1.40. The Bertz CT molecular complexity index is 422. The molecule has 0 radical (unpaired) electrons. The lowest BCUT2D eigenvalue weighted by Crippen LogP contribution is -2.05. The van der Waals surface area contributed by atoms with Gasteiger partial charge < -0.3 is 5.32 Å². The summed E-state index contributed by atoms with van der Waals surface area (Å²) in [7, 11) is 0. The Morgan fingerprint density at radius 3 is 3.06 bits per heavy atom. The number of nitrogens with one attached hydrogen (secondary N) is 1. The molecule has 0 saturated heterocycles. The molecule has 1 aliphatic rings. The maximum absolute atomic E-state index is 6.15. The summed E-state index contributed by atoms with van der Waals surface area (Å²) in [6, 6.07) is 6.43. The molecule has 2 nitrogen and oxygen atoms in total. The first-order valence-corrected chi connectivity index (χ1v) is 7.56. The van der Waals surface area contributed by atoms with Crippen LogP contribution in [0.3, 0.4) is 0 Å². The number of hydrogen-bond donors (Lipinski definition) is 1. The fourth-order valence-corrected chi connectivity index (χ4v) is 3.37. The van der Waals surface area contributed by atoms with Crippen molar-refractivity contribution in [3.8, 4) is 0 Å². The van der Waals surface area contributed by atoms with Gasteiger partial charge in [0.2, 0.25) is 0 Å². The number of amidine groups is 1. The number of halogens is 2. The van der Waals surface area contributed by atoms with Gasteiger partial charge in [-0.2, -0.15) is 0 Å². The Hall–Kier alpha value is 0.0600. The van der Waals surface area contributed by atoms with Crippen molar-refractivity contribution in [3.05, 3.63) is 26.8 Å². The van der Waals surface area contributed by atoms with Crippen LogP contribution < -0.4 is 5.32 Å². The van der Waals surface area contributed by atoms with E-state index in [1.165, 1.54) is 0 Å². The van der Waals surface area contributed by atoms with E-state index >= 15 is 0 Å². The van der Waals surface area contributed by atoms with Crippen LogP contribution in [0.1, 0.15) is 13.3 Å². The van der Waals surface area contributed by atoms with E-state index in [-0.39, 0.29) is 0 Å². The predicted octanol–water partition coefficient (Wildman–Crippen LogP) is 4.24. The lowest BCUT2D eigenvalue weighted by atomic mass is 10.3. The molecule has 1 aromatic carbocycles. The highest BCUT2D eigenvalue weighted by molar-refractivity contribution is 14.1. The monoisotopic (exact) mass is 366 g/mol. The number of benzene rings is 1. The molecule has 2 rings (SSSR count). The number of rotatable bonds is 2. The molecule has 1 aliphatic heterocycles. The molecule has 0 aromatic heterocycles. The first kappa shape index (κ1) is 12.5. The van der Waals surface area contributed by atoms with Crippen molar-refractivity contribution in [2.24, 2.45) is 4.99 Å². The number of thioether (sulfide) groups is 1. The highest BCUT2D eigenvalue weighted by Crippen LogP contribution is 2.27. The Morgan fingerprint density at radius 1 is 1.62 bits per heavy atom. The molecule has 1 unspecified atom stereocenters. The molecule has 86 valence electrons. The maximum atomic E-state index is 6.15. The predicted molar refractivity (Wildman–Crippen MR) is 81.8 cm³/mol. The molecule has 16 heavy (non-hydrogen) atoms. The molecule has 0 fully saturated rings. The van der Waals surface area contributed by atoms with Crippen LogP contribution in [0, 0.1) is 3.57 Å². The maximum Gasteiger partial charge on any atom is 0.161 e. The Kier molecular flexibility index (Phi) is 4.38. The van der Waals surface area contributed by atoms with Gasteiger partial charge in [-0.05, 0) is 47.2 Å². The third-order valence-corrected chi connectivity index (χ3v) is 4.37. The second-order valence-electron chi connectivity index (χ2n) is 3.56. The molecule has 0 aliphatic carbocycles. The van der Waals surface area contributed by atoms with E-state index in [1.54, 1.807) is 11.8 Å². The van der Waals surface area contributed by atoms with Gasteiger partial charge in [-0.15, -0.1) is 0 Å². The van der Waals surface area contributed by atoms with Crippen LogP contribution in [0.25, 0.3) is 0 Å². The van der Waals surface area contributed by atoms with Crippen LogP contribution in [0.4, 0.5) is 5.69 Å². The standard InChI is InChI=1S/C11H12ClIN2S/c1-2-8-6-16-11(14-8)15-10-4-3-7(13)5-9(10)12/h3-5,8H,2,6H2,1H3,(H,14,15). The zero-order chi connectivity index (χ0) is 11.5. The van der Waals surface area contributed by atoms with Crippen LogP contribution in [0.15, 0.2) is 23.2 Å². The summed E-state index contributed by atoms with van der Waals surface area (Å²) in [6.07, 6.45) is 1.10. The summed E-state index contributed by atoms with van der Waals surface area (Å²) >= 11 is 10.2. The minimum Gasteiger partial charge on any atom is -0.334 e. The van der Waals surface area contributed by atoms with Crippen molar-refractivity contribution in [2.45, 2.75) is 19.4 Å². The Labute approximate surface area is 118 Å². The SMILES string of the molecule is CCC1CSC(Nc2ccc(I)cc2Cl)=N1. The molecule has 1 N–H and O–H groups in total. The highest BCUT2D eigenvalue weighted by Gasteiger charge is 2.16. The summed E-state index contributed by atoms with van der Waals surface area (Å²) in [6.45, 7) is 2.16. The van der Waals surface area contributed by atoms with E-state index in [4.69, 9.17) is 11.6 Å². The molecular formula is C11H12ClIN2S. The average molecular weight is 367 g/mol. The van der Waals surface area contributed by atoms with Gasteiger partial charge in [-0.1, -0.05) is 30.3 Å². The van der Waals surface area contributed by atoms with Crippen molar-refractivity contribution in [2.75, 3.05) is 11.1 Å². The largest absolute Gasteiger partial charge is 0.334 e. The van der Waals surface area contributed by atoms with Crippen molar-refractivity contribution in [1.82, 2.24) is 0 Å². The zero-order valence-corrected chi connectivity index (χ0v) is 12.6. The molecule has 1 heterocycles. The second kappa shape index (κ2) is 5.60. The van der Waals surface area contributed by atoms with Crippen LogP contribution in [0.2, 0.25) is 5.02 Å². The van der Waals surface area contributed by atoms with Crippen molar-refractivity contribution in [3.63, 3.8) is 0 Å². The van der Waals surface area contributed by atoms with Crippen molar-refractivity contribution >= 4 is 56.8 Å². The molecule has 0 spiro atoms. The summed E-state index contributed by atoms with van der Waals surface area (Å²) < 4.78 is 1.14. The van der Waals surface area contributed by atoms with Crippen LogP contribution >= 0.6 is 46.0 Å². The molecule has 1 aromatic rings. The molecule has 0 amide bonds. The van der Waals surface area contributed by atoms with E-state index in [9.17, 15) is 0 Å². The summed E-state index contributed by atoms with van der Waals surface area (Å²) in [5.41, 5.74) is 0.935. The zero-order valence-electron chi connectivity index (χ0n) is 8.84. The Morgan fingerprint density at radius 2 is 2.44 bits per heavy atom. The topological polar surface area (TPSA) is 24.4 Å². The van der Waals surface area contributed by atoms with Gasteiger partial charge in [-0.3, -0.25) is 4.99 Å². The van der Waals surface area contributed by atoms with Crippen LogP contribution in [0.5, 0.6) is 0 Å². The lowest BCUT2D eigenvalue weighted by molar-refractivity contribution is 0.738. The third kappa shape index (κ3) is 3.05. The van der Waals surface area contributed by atoms with Gasteiger partial charge in [0.15, 0.2) is 5.17 Å². The van der Waals surface area contributed by atoms with Gasteiger partial charge in [0, 0.05) is 9.32 Å². The molecule has 5 heteroatoms. The van der Waals surface area contributed by atoms with E-state index < -0.39 is 0 Å². The van der Waals surface area contributed by atoms with Gasteiger partial charge in [0.1, 0.15) is 0 Å². The number of nitrogens with zero attached hydrogens (tertiary/aromatic N) is 1. The first-order valence-electron chi connectivity index (χ1n) is 5.11. The molecule has 1 atom stereocenters. The molecule has 0 bridgehead atoms. The lowest BCUT2D eigenvalue weighted by Gasteiger charge is -2.07. The Balaban J connectivity index is 2.10. The number of aliphatic imine (C=N–C) groups is 1. The molecular weight excluding hydrogens is 355 g/mol. The van der Waals surface area contributed by atoms with Crippen molar-refractivity contribution < 1.29 is 0 Å². The van der Waals surface area contributed by atoms with Gasteiger partial charge >= 0.3 is 0 Å². The van der Waals surface area contributed by atoms with Crippen LogP contribution in [-0.4, -0.2) is 17.0 Å². The smallest absolute Gasteiger partial charge is 0.161 e. The van der Waals surface area contributed by atoms with E-state index in [0.29, 0.717) is 6.04 Å². The van der Waals surface area contributed by atoms with Gasteiger partial charge in [0.25, 0.3) is 0 Å².